The molecule has 0 aromatic carbocycles. The van der Waals surface area contributed by atoms with Gasteiger partial charge in [0.25, 0.3) is 0 Å². The van der Waals surface area contributed by atoms with Crippen LogP contribution < -0.4 is 2.93 Å². The van der Waals surface area contributed by atoms with E-state index in [0.29, 0.717) is 3.97 Å². The Morgan fingerprint density at radius 2 is 2.23 bits per heavy atom. The molecule has 13 heavy (non-hydrogen) atoms. The van der Waals surface area contributed by atoms with Crippen molar-refractivity contribution in [3.63, 3.8) is 0 Å². The van der Waals surface area contributed by atoms with E-state index in [9.17, 15) is 5.11 Å². The molecule has 1 fully saturated rings. The summed E-state index contributed by atoms with van der Waals surface area (Å²) in [7, 11) is 0. The van der Waals surface area contributed by atoms with Crippen LogP contribution in [0, 0.1) is 0 Å². The average Bonchev–Trinajstić information content (AvgIpc) is 2.61. The van der Waals surface area contributed by atoms with Crippen LogP contribution in [0.1, 0.15) is 25.7 Å². The molecule has 1 nitrogen and oxygen atoms in total. The molecule has 0 amide bonds. The van der Waals surface area contributed by atoms with E-state index in [-0.39, 0.29) is 27.0 Å². The van der Waals surface area contributed by atoms with Crippen molar-refractivity contribution in [3.05, 3.63) is 17.5 Å². The van der Waals surface area contributed by atoms with E-state index in [2.05, 4.69) is 17.5 Å². The van der Waals surface area contributed by atoms with Crippen molar-refractivity contribution in [3.8, 4) is 0 Å². The molecule has 1 saturated carbocycles. The van der Waals surface area contributed by atoms with E-state index >= 15 is 0 Å². The molecule has 1 aliphatic carbocycles. The van der Waals surface area contributed by atoms with Gasteiger partial charge in [-0.2, -0.15) is 0 Å². The Morgan fingerprint density at radius 1 is 1.38 bits per heavy atom. The Bertz CT molecular complexity index is 247. The van der Waals surface area contributed by atoms with Crippen molar-refractivity contribution in [1.29, 1.82) is 0 Å². The van der Waals surface area contributed by atoms with Gasteiger partial charge in [-0.15, -0.1) is 0 Å². The number of thiophene rings is 1. The zero-order chi connectivity index (χ0) is 9.10. The summed E-state index contributed by atoms with van der Waals surface area (Å²) in [4.78, 5) is 0. The van der Waals surface area contributed by atoms with Crippen LogP contribution in [0.15, 0.2) is 17.5 Å². The minimum atomic E-state index is -0.112. The van der Waals surface area contributed by atoms with E-state index < -0.39 is 0 Å². The summed E-state index contributed by atoms with van der Waals surface area (Å²) in [6.45, 7) is 0. The molecule has 1 aromatic heterocycles. The molecule has 2 rings (SSSR count). The van der Waals surface area contributed by atoms with Crippen LogP contribution in [-0.2, 0) is 0 Å². The molecule has 2 atom stereocenters. The minimum absolute atomic E-state index is 0.0123. The molecular weight excluding hydrogens is 296 g/mol. The Hall–Kier alpha value is 0.450. The first kappa shape index (κ1) is 9.98. The van der Waals surface area contributed by atoms with Crippen LogP contribution in [0.4, 0.5) is 0 Å². The van der Waals surface area contributed by atoms with Crippen molar-refractivity contribution in [2.24, 2.45) is 0 Å². The molecule has 0 spiro atoms. The molecule has 0 bridgehead atoms. The Kier molecular flexibility index (Phi) is 3.68. The van der Waals surface area contributed by atoms with Gasteiger partial charge in [-0.3, -0.25) is 0 Å². The van der Waals surface area contributed by atoms with Crippen molar-refractivity contribution >= 4 is 35.2 Å². The summed E-state index contributed by atoms with van der Waals surface area (Å²) in [5.74, 6) is 0. The second-order valence-electron chi connectivity index (χ2n) is 3.44. The number of hydrogen-bond acceptors (Lipinski definition) is 2. The van der Waals surface area contributed by atoms with E-state index in [1.54, 1.807) is 2.93 Å². The molecule has 0 unspecified atom stereocenters. The Balaban J connectivity index is 1.93. The molecule has 1 N–H and O–H groups in total. The monoisotopic (exact) mass is 312 g/mol. The van der Waals surface area contributed by atoms with Crippen LogP contribution in [0.25, 0.3) is 0 Å². The van der Waals surface area contributed by atoms with Gasteiger partial charge in [0.05, 0.1) is 0 Å². The normalized spacial score (nSPS) is 29.0. The first-order valence-electron chi connectivity index (χ1n) is 4.74. The molecule has 3 heteroatoms. The summed E-state index contributed by atoms with van der Waals surface area (Å²) in [5, 5.41) is 12.0. The van der Waals surface area contributed by atoms with Gasteiger partial charge in [0.1, 0.15) is 0 Å². The van der Waals surface area contributed by atoms with Crippen LogP contribution in [0.5, 0.6) is 0 Å². The number of aliphatic hydroxyl groups is 1. The van der Waals surface area contributed by atoms with Crippen molar-refractivity contribution in [1.82, 2.24) is 0 Å². The topological polar surface area (TPSA) is 20.2 Å². The maximum absolute atomic E-state index is 9.80. The van der Waals surface area contributed by atoms with Gasteiger partial charge in [-0.25, -0.2) is 0 Å². The second kappa shape index (κ2) is 4.79. The molecule has 0 radical (unpaired) electrons. The van der Waals surface area contributed by atoms with E-state index in [1.807, 2.05) is 11.3 Å². The number of hydrogen-bond donors (Lipinski definition) is 1. The van der Waals surface area contributed by atoms with Gasteiger partial charge >= 0.3 is 93.6 Å². The van der Waals surface area contributed by atoms with Crippen molar-refractivity contribution in [2.75, 3.05) is 0 Å². The average molecular weight is 310 g/mol. The van der Waals surface area contributed by atoms with Crippen LogP contribution in [0.3, 0.4) is 0 Å². The molecule has 1 heterocycles. The summed E-state index contributed by atoms with van der Waals surface area (Å²) in [5.41, 5.74) is 0. The van der Waals surface area contributed by atoms with E-state index in [1.165, 1.54) is 19.3 Å². The van der Waals surface area contributed by atoms with Crippen LogP contribution in [0.2, 0.25) is 3.97 Å². The van der Waals surface area contributed by atoms with E-state index in [0.717, 1.165) is 6.42 Å². The van der Waals surface area contributed by atoms with Crippen LogP contribution in [-0.4, -0.2) is 32.1 Å². The number of aliphatic hydroxyl groups excluding tert-OH is 1. The fourth-order valence-electron chi connectivity index (χ4n) is 1.69. The summed E-state index contributed by atoms with van der Waals surface area (Å²) in [6.07, 6.45) is 4.88. The predicted molar refractivity (Wildman–Crippen MR) is 57.9 cm³/mol. The SMILES string of the molecule is O[C@@H]1CCCC[C@H]1[Te]c1cccs1. The second-order valence-corrected chi connectivity index (χ2v) is 8.85. The van der Waals surface area contributed by atoms with Gasteiger partial charge in [0.2, 0.25) is 0 Å². The third-order valence-corrected chi connectivity index (χ3v) is 8.05. The molecular formula is C10H14OSTe. The first-order valence-corrected chi connectivity index (χ1v) is 8.13. The third-order valence-electron chi connectivity index (χ3n) is 2.43. The Labute approximate surface area is 93.3 Å². The number of rotatable bonds is 2. The van der Waals surface area contributed by atoms with Gasteiger partial charge in [-0.1, -0.05) is 0 Å². The fraction of sp³-hybridized carbons (Fsp3) is 0.600. The zero-order valence-electron chi connectivity index (χ0n) is 7.48. The summed E-state index contributed by atoms with van der Waals surface area (Å²) >= 11 is 1.75. The molecule has 72 valence electrons. The van der Waals surface area contributed by atoms with Crippen molar-refractivity contribution in [2.45, 2.75) is 35.8 Å². The zero-order valence-corrected chi connectivity index (χ0v) is 10.6. The molecule has 1 aliphatic rings. The molecule has 0 aliphatic heterocycles. The predicted octanol–water partition coefficient (Wildman–Crippen LogP) is 1.80. The maximum atomic E-state index is 9.80. The standard InChI is InChI=1S/C10H14OSTe/c11-8-4-1-2-5-9(8)13-10-6-3-7-12-10/h3,6-9,11H,1-2,4-5H2/t8-,9-/m1/s1. The molecule has 0 saturated heterocycles. The van der Waals surface area contributed by atoms with E-state index in [4.69, 9.17) is 0 Å². The van der Waals surface area contributed by atoms with Crippen molar-refractivity contribution < 1.29 is 5.11 Å². The van der Waals surface area contributed by atoms with Gasteiger partial charge in [0.15, 0.2) is 0 Å². The fourth-order valence-corrected chi connectivity index (χ4v) is 6.93. The third kappa shape index (κ3) is 2.70. The van der Waals surface area contributed by atoms with Crippen LogP contribution >= 0.6 is 11.3 Å². The van der Waals surface area contributed by atoms with Gasteiger partial charge in [-0.05, 0) is 0 Å². The Morgan fingerprint density at radius 3 is 2.92 bits per heavy atom. The molecule has 1 aromatic rings. The summed E-state index contributed by atoms with van der Waals surface area (Å²) in [6, 6.07) is 4.36. The quantitative estimate of drug-likeness (QED) is 0.826. The van der Waals surface area contributed by atoms with Gasteiger partial charge in [0, 0.05) is 0 Å². The first-order chi connectivity index (χ1) is 6.36. The van der Waals surface area contributed by atoms with Gasteiger partial charge < -0.3 is 0 Å². The summed E-state index contributed by atoms with van der Waals surface area (Å²) < 4.78 is 2.20.